The Morgan fingerprint density at radius 2 is 1.91 bits per heavy atom. The lowest BCUT2D eigenvalue weighted by Gasteiger charge is -2.26. The normalized spacial score (nSPS) is 17.6. The molecule has 0 bridgehead atoms. The van der Waals surface area contributed by atoms with Crippen molar-refractivity contribution in [3.8, 4) is 11.1 Å². The third kappa shape index (κ3) is 3.76. The Bertz CT molecular complexity index is 1220. The van der Waals surface area contributed by atoms with Crippen LogP contribution >= 0.6 is 0 Å². The van der Waals surface area contributed by atoms with Crippen molar-refractivity contribution < 1.29 is 13.9 Å². The van der Waals surface area contributed by atoms with Gasteiger partial charge in [0.2, 0.25) is 0 Å². The molecular weight excluding hydrogens is 405 g/mol. The summed E-state index contributed by atoms with van der Waals surface area (Å²) in [5.41, 5.74) is 8.17. The summed E-state index contributed by atoms with van der Waals surface area (Å²) in [6.07, 6.45) is 1.93. The molecule has 0 aliphatic carbocycles. The number of aromatic amines is 1. The Morgan fingerprint density at radius 1 is 1.12 bits per heavy atom. The molecule has 6 heteroatoms. The van der Waals surface area contributed by atoms with Crippen LogP contribution in [0.1, 0.15) is 28.1 Å². The number of rotatable bonds is 4. The Hall–Kier alpha value is -3.22. The molecule has 1 fully saturated rings. The van der Waals surface area contributed by atoms with Gasteiger partial charge in [0, 0.05) is 42.3 Å². The van der Waals surface area contributed by atoms with E-state index in [1.165, 1.54) is 17.7 Å². The lowest BCUT2D eigenvalue weighted by atomic mass is 9.94. The van der Waals surface area contributed by atoms with Gasteiger partial charge in [-0.15, -0.1) is 0 Å². The minimum Gasteiger partial charge on any atom is -0.379 e. The summed E-state index contributed by atoms with van der Waals surface area (Å²) in [6.45, 7) is 8.40. The van der Waals surface area contributed by atoms with Gasteiger partial charge in [0.25, 0.3) is 5.91 Å². The largest absolute Gasteiger partial charge is 0.379 e. The van der Waals surface area contributed by atoms with Gasteiger partial charge < -0.3 is 15.0 Å². The molecule has 0 saturated carbocycles. The molecule has 0 spiro atoms. The number of hydrogen-bond acceptors (Lipinski definition) is 3. The number of aryl methyl sites for hydroxylation is 1. The monoisotopic (exact) mass is 431 g/mol. The van der Waals surface area contributed by atoms with E-state index in [2.05, 4.69) is 29.0 Å². The van der Waals surface area contributed by atoms with Gasteiger partial charge in [-0.3, -0.25) is 9.69 Å². The number of fused-ring (bicyclic) bond motifs is 1. The van der Waals surface area contributed by atoms with Crippen molar-refractivity contribution in [3.05, 3.63) is 76.4 Å². The molecule has 1 aromatic heterocycles. The maximum atomic E-state index is 13.9. The highest BCUT2D eigenvalue weighted by atomic mass is 19.1. The van der Waals surface area contributed by atoms with E-state index in [4.69, 9.17) is 4.74 Å². The van der Waals surface area contributed by atoms with Gasteiger partial charge in [-0.05, 0) is 60.4 Å². The Balaban J connectivity index is 1.55. The molecule has 1 saturated heterocycles. The lowest BCUT2D eigenvalue weighted by molar-refractivity contribution is -0.110. The molecule has 2 aromatic carbocycles. The molecule has 5 nitrogen and oxygen atoms in total. The van der Waals surface area contributed by atoms with Crippen LogP contribution in [0.4, 0.5) is 10.1 Å². The summed E-state index contributed by atoms with van der Waals surface area (Å²) in [5, 5.41) is 2.96. The number of carbonyl (C=O) groups is 1. The van der Waals surface area contributed by atoms with Crippen LogP contribution in [-0.2, 0) is 16.1 Å². The first-order valence-corrected chi connectivity index (χ1v) is 10.9. The van der Waals surface area contributed by atoms with Crippen LogP contribution in [0.15, 0.2) is 42.5 Å². The maximum absolute atomic E-state index is 13.9. The van der Waals surface area contributed by atoms with E-state index >= 15 is 0 Å². The van der Waals surface area contributed by atoms with E-state index in [1.807, 2.05) is 30.3 Å². The molecule has 32 heavy (non-hydrogen) atoms. The first kappa shape index (κ1) is 20.7. The molecule has 0 radical (unpaired) electrons. The molecule has 5 rings (SSSR count). The first-order chi connectivity index (χ1) is 15.5. The zero-order valence-corrected chi connectivity index (χ0v) is 18.3. The maximum Gasteiger partial charge on any atom is 0.256 e. The van der Waals surface area contributed by atoms with Crippen LogP contribution < -0.4 is 5.32 Å². The summed E-state index contributed by atoms with van der Waals surface area (Å²) >= 11 is 0. The average Bonchev–Trinajstić information content (AvgIpc) is 3.25. The second-order valence-electron chi connectivity index (χ2n) is 8.41. The van der Waals surface area contributed by atoms with E-state index in [1.54, 1.807) is 6.07 Å². The van der Waals surface area contributed by atoms with Crippen molar-refractivity contribution in [2.75, 3.05) is 31.6 Å². The van der Waals surface area contributed by atoms with E-state index in [-0.39, 0.29) is 11.7 Å². The third-order valence-corrected chi connectivity index (χ3v) is 6.37. The number of aromatic nitrogens is 1. The van der Waals surface area contributed by atoms with Crippen molar-refractivity contribution in [2.24, 2.45) is 0 Å². The van der Waals surface area contributed by atoms with Crippen LogP contribution in [-0.4, -0.2) is 42.1 Å². The molecule has 0 unspecified atom stereocenters. The van der Waals surface area contributed by atoms with Gasteiger partial charge in [-0.2, -0.15) is 0 Å². The van der Waals surface area contributed by atoms with Gasteiger partial charge in [0.1, 0.15) is 5.82 Å². The third-order valence-electron chi connectivity index (χ3n) is 6.37. The van der Waals surface area contributed by atoms with Crippen molar-refractivity contribution >= 4 is 23.2 Å². The van der Waals surface area contributed by atoms with Gasteiger partial charge in [-0.25, -0.2) is 4.39 Å². The number of benzene rings is 2. The molecule has 2 aliphatic heterocycles. The summed E-state index contributed by atoms with van der Waals surface area (Å²) in [6, 6.07) is 12.2. The van der Waals surface area contributed by atoms with Crippen LogP contribution in [0, 0.1) is 19.7 Å². The summed E-state index contributed by atoms with van der Waals surface area (Å²) < 4.78 is 19.4. The second-order valence-corrected chi connectivity index (χ2v) is 8.41. The number of halogens is 1. The quantitative estimate of drug-likeness (QED) is 0.586. The van der Waals surface area contributed by atoms with Crippen molar-refractivity contribution in [1.82, 2.24) is 9.88 Å². The molecule has 164 valence electrons. The number of nitrogens with one attached hydrogen (secondary N) is 2. The molecule has 2 aliphatic rings. The van der Waals surface area contributed by atoms with Gasteiger partial charge >= 0.3 is 0 Å². The lowest BCUT2D eigenvalue weighted by Crippen LogP contribution is -2.35. The fraction of sp³-hybridized carbons (Fsp3) is 0.269. The first-order valence-electron chi connectivity index (χ1n) is 10.9. The summed E-state index contributed by atoms with van der Waals surface area (Å²) in [7, 11) is 0. The number of anilines is 1. The highest BCUT2D eigenvalue weighted by molar-refractivity contribution is 6.36. The molecule has 3 heterocycles. The predicted octanol–water partition coefficient (Wildman–Crippen LogP) is 4.76. The molecular formula is C26H26FN3O2. The minimum atomic E-state index is -0.300. The molecule has 1 amide bonds. The highest BCUT2D eigenvalue weighted by Gasteiger charge is 2.28. The van der Waals surface area contributed by atoms with E-state index in [0.717, 1.165) is 72.2 Å². The fourth-order valence-corrected chi connectivity index (χ4v) is 4.61. The van der Waals surface area contributed by atoms with E-state index < -0.39 is 0 Å². The summed E-state index contributed by atoms with van der Waals surface area (Å²) in [5.74, 6) is -0.447. The topological polar surface area (TPSA) is 57.4 Å². The Labute approximate surface area is 186 Å². The number of morpholine rings is 1. The molecule has 3 aromatic rings. The van der Waals surface area contributed by atoms with Crippen LogP contribution in [0.25, 0.3) is 22.8 Å². The molecule has 2 N–H and O–H groups in total. The number of ether oxygens (including phenoxy) is 1. The smallest absolute Gasteiger partial charge is 0.256 e. The number of amides is 1. The van der Waals surface area contributed by atoms with Crippen molar-refractivity contribution in [3.63, 3.8) is 0 Å². The number of H-pyrrole nitrogens is 1. The minimum absolute atomic E-state index is 0.148. The van der Waals surface area contributed by atoms with E-state index in [9.17, 15) is 9.18 Å². The number of carbonyl (C=O) groups excluding carboxylic acids is 1. The van der Waals surface area contributed by atoms with Crippen LogP contribution in [0.5, 0.6) is 0 Å². The van der Waals surface area contributed by atoms with Gasteiger partial charge in [-0.1, -0.05) is 24.3 Å². The number of nitrogens with zero attached hydrogens (tertiary/aromatic N) is 1. The zero-order valence-electron chi connectivity index (χ0n) is 18.3. The Kier molecular flexibility index (Phi) is 5.41. The second kappa shape index (κ2) is 8.37. The molecule has 0 atom stereocenters. The van der Waals surface area contributed by atoms with Crippen LogP contribution in [0.2, 0.25) is 0 Å². The van der Waals surface area contributed by atoms with Crippen LogP contribution in [0.3, 0.4) is 0 Å². The van der Waals surface area contributed by atoms with Crippen molar-refractivity contribution in [2.45, 2.75) is 20.4 Å². The van der Waals surface area contributed by atoms with Gasteiger partial charge in [0.15, 0.2) is 0 Å². The van der Waals surface area contributed by atoms with Gasteiger partial charge in [0.05, 0.1) is 18.8 Å². The SMILES string of the molecule is Cc1[nH]c(/C=C2\C(=O)Nc3cccc(-c4cccc(F)c4)c32)c(C)c1CN1CCOCC1. The highest BCUT2D eigenvalue weighted by Crippen LogP contribution is 2.41. The summed E-state index contributed by atoms with van der Waals surface area (Å²) in [4.78, 5) is 18.8. The standard InChI is InChI=1S/C26H26FN3O2/c1-16-22(15-30-9-11-32-12-10-30)17(2)28-24(16)14-21-25-20(18-5-3-6-19(27)13-18)7-4-8-23(25)29-26(21)31/h3-8,13-14,28H,9-12,15H2,1-2H3,(H,29,31)/b21-14-. The number of hydrogen-bond donors (Lipinski definition) is 2. The predicted molar refractivity (Wildman–Crippen MR) is 125 cm³/mol. The Morgan fingerprint density at radius 3 is 2.69 bits per heavy atom. The average molecular weight is 432 g/mol. The zero-order chi connectivity index (χ0) is 22.2. The van der Waals surface area contributed by atoms with Crippen molar-refractivity contribution in [1.29, 1.82) is 0 Å². The van der Waals surface area contributed by atoms with E-state index in [0.29, 0.717) is 5.57 Å². The fourth-order valence-electron chi connectivity index (χ4n) is 4.61.